The molecule has 2 heterocycles. The Morgan fingerprint density at radius 2 is 2.14 bits per heavy atom. The van der Waals surface area contributed by atoms with Gasteiger partial charge in [-0.3, -0.25) is 0 Å². The first-order chi connectivity index (χ1) is 10.3. The molecule has 5 heteroatoms. The molecule has 1 saturated heterocycles. The fourth-order valence-electron chi connectivity index (χ4n) is 2.85. The third-order valence-corrected chi connectivity index (χ3v) is 4.07. The number of hydrogen-bond acceptors (Lipinski definition) is 4. The second-order valence-electron chi connectivity index (χ2n) is 5.56. The van der Waals surface area contributed by atoms with E-state index in [1.54, 1.807) is 0 Å². The molecule has 1 aliphatic heterocycles. The molecule has 21 heavy (non-hydrogen) atoms. The maximum Gasteiger partial charge on any atom is 0.201 e. The summed E-state index contributed by atoms with van der Waals surface area (Å²) in [6.07, 6.45) is 2.31. The fraction of sp³-hybridized carbons (Fsp3) is 0.562. The number of hydrogen-bond donors (Lipinski definition) is 2. The van der Waals surface area contributed by atoms with Crippen LogP contribution in [0, 0.1) is 0 Å². The van der Waals surface area contributed by atoms with Crippen molar-refractivity contribution >= 4 is 17.0 Å². The number of anilines is 1. The van der Waals surface area contributed by atoms with Crippen molar-refractivity contribution in [3.63, 3.8) is 0 Å². The highest BCUT2D eigenvalue weighted by molar-refractivity contribution is 5.77. The Labute approximate surface area is 125 Å². The lowest BCUT2D eigenvalue weighted by Crippen LogP contribution is -2.40. The molecule has 1 aromatic carbocycles. The number of imidazole rings is 1. The highest BCUT2D eigenvalue weighted by Gasteiger charge is 2.19. The van der Waals surface area contributed by atoms with Crippen molar-refractivity contribution in [3.8, 4) is 0 Å². The molecule has 2 aromatic rings. The highest BCUT2D eigenvalue weighted by atomic mass is 16.5. The van der Waals surface area contributed by atoms with Crippen LogP contribution >= 0.6 is 0 Å². The zero-order valence-corrected chi connectivity index (χ0v) is 12.6. The second-order valence-corrected chi connectivity index (χ2v) is 5.56. The van der Waals surface area contributed by atoms with Gasteiger partial charge >= 0.3 is 0 Å². The molecule has 0 atom stereocenters. The monoisotopic (exact) mass is 288 g/mol. The number of nitrogens with one attached hydrogen (secondary N) is 2. The molecule has 0 radical (unpaired) electrons. The summed E-state index contributed by atoms with van der Waals surface area (Å²) in [5.41, 5.74) is 2.11. The molecule has 1 aliphatic rings. The maximum absolute atomic E-state index is 5.42. The topological polar surface area (TPSA) is 53.2 Å². The van der Waals surface area contributed by atoms with Crippen LogP contribution in [-0.2, 0) is 4.74 Å². The summed E-state index contributed by atoms with van der Waals surface area (Å²) >= 11 is 0. The van der Waals surface area contributed by atoms with Crippen LogP contribution in [0.5, 0.6) is 0 Å². The van der Waals surface area contributed by atoms with Crippen LogP contribution in [0.3, 0.4) is 0 Å². The van der Waals surface area contributed by atoms with E-state index in [0.717, 1.165) is 62.7 Å². The predicted octanol–water partition coefficient (Wildman–Crippen LogP) is 2.48. The van der Waals surface area contributed by atoms with E-state index in [1.165, 1.54) is 0 Å². The third-order valence-electron chi connectivity index (χ3n) is 4.07. The second kappa shape index (κ2) is 6.91. The summed E-state index contributed by atoms with van der Waals surface area (Å²) < 4.78 is 5.42. The Morgan fingerprint density at radius 3 is 2.90 bits per heavy atom. The van der Waals surface area contributed by atoms with Gasteiger partial charge in [-0.1, -0.05) is 12.1 Å². The Morgan fingerprint density at radius 1 is 1.33 bits per heavy atom. The predicted molar refractivity (Wildman–Crippen MR) is 85.7 cm³/mol. The van der Waals surface area contributed by atoms with Gasteiger partial charge in [0, 0.05) is 32.3 Å². The van der Waals surface area contributed by atoms with Crippen LogP contribution in [0.1, 0.15) is 19.8 Å². The number of fused-ring (bicyclic) bond motifs is 1. The minimum Gasteiger partial charge on any atom is -0.380 e. The average molecular weight is 288 g/mol. The van der Waals surface area contributed by atoms with Gasteiger partial charge in [-0.05, 0) is 31.9 Å². The number of aromatic amines is 1. The highest BCUT2D eigenvalue weighted by Crippen LogP contribution is 2.17. The fourth-order valence-corrected chi connectivity index (χ4v) is 2.85. The van der Waals surface area contributed by atoms with Gasteiger partial charge in [-0.2, -0.15) is 0 Å². The third kappa shape index (κ3) is 3.74. The van der Waals surface area contributed by atoms with E-state index >= 15 is 0 Å². The van der Waals surface area contributed by atoms with Gasteiger partial charge in [-0.25, -0.2) is 4.98 Å². The van der Waals surface area contributed by atoms with Crippen molar-refractivity contribution in [2.75, 3.05) is 38.2 Å². The average Bonchev–Trinajstić information content (AvgIpc) is 2.91. The number of rotatable bonds is 6. The van der Waals surface area contributed by atoms with E-state index in [-0.39, 0.29) is 0 Å². The number of aromatic nitrogens is 2. The number of benzene rings is 1. The first-order valence-corrected chi connectivity index (χ1v) is 7.86. The van der Waals surface area contributed by atoms with Gasteiger partial charge in [0.25, 0.3) is 0 Å². The number of H-pyrrole nitrogens is 1. The van der Waals surface area contributed by atoms with Crippen LogP contribution in [0.15, 0.2) is 24.3 Å². The molecule has 2 N–H and O–H groups in total. The van der Waals surface area contributed by atoms with E-state index in [1.807, 2.05) is 25.1 Å². The van der Waals surface area contributed by atoms with E-state index in [0.29, 0.717) is 6.04 Å². The largest absolute Gasteiger partial charge is 0.380 e. The van der Waals surface area contributed by atoms with E-state index in [9.17, 15) is 0 Å². The van der Waals surface area contributed by atoms with Crippen LogP contribution in [-0.4, -0.2) is 53.8 Å². The molecule has 0 saturated carbocycles. The van der Waals surface area contributed by atoms with Gasteiger partial charge < -0.3 is 19.9 Å². The quantitative estimate of drug-likeness (QED) is 0.802. The summed E-state index contributed by atoms with van der Waals surface area (Å²) in [6, 6.07) is 8.65. The first kappa shape index (κ1) is 14.4. The lowest BCUT2D eigenvalue weighted by Gasteiger charge is -2.32. The molecular weight excluding hydrogens is 264 g/mol. The maximum atomic E-state index is 5.42. The lowest BCUT2D eigenvalue weighted by atomic mass is 10.1. The number of likely N-dealkylation sites (tertiary alicyclic amines) is 1. The molecule has 0 amide bonds. The zero-order chi connectivity index (χ0) is 14.5. The van der Waals surface area contributed by atoms with Crippen molar-refractivity contribution < 1.29 is 4.74 Å². The molecule has 0 bridgehead atoms. The Balaban J connectivity index is 1.48. The summed E-state index contributed by atoms with van der Waals surface area (Å²) in [5.74, 6) is 0.893. The van der Waals surface area contributed by atoms with Crippen molar-refractivity contribution in [1.82, 2.24) is 14.9 Å². The standard InChI is InChI=1S/C16H24N4O/c1-2-21-12-11-20-9-7-13(8-10-20)17-16-18-14-5-3-4-6-15(14)19-16/h3-6,13H,2,7-12H2,1H3,(H2,17,18,19). The Bertz CT molecular complexity index is 527. The summed E-state index contributed by atoms with van der Waals surface area (Å²) in [6.45, 7) is 7.01. The normalized spacial score (nSPS) is 17.4. The minimum atomic E-state index is 0.508. The SMILES string of the molecule is CCOCCN1CCC(Nc2nc3ccccc3[nH]2)CC1. The molecule has 0 spiro atoms. The van der Waals surface area contributed by atoms with E-state index < -0.39 is 0 Å². The summed E-state index contributed by atoms with van der Waals surface area (Å²) in [5, 5.41) is 3.53. The smallest absolute Gasteiger partial charge is 0.201 e. The van der Waals surface area contributed by atoms with Gasteiger partial charge in [0.1, 0.15) is 0 Å². The van der Waals surface area contributed by atoms with Gasteiger partial charge in [-0.15, -0.1) is 0 Å². The molecular formula is C16H24N4O. The lowest BCUT2D eigenvalue weighted by molar-refractivity contribution is 0.103. The van der Waals surface area contributed by atoms with Crippen LogP contribution in [0.2, 0.25) is 0 Å². The zero-order valence-electron chi connectivity index (χ0n) is 12.6. The first-order valence-electron chi connectivity index (χ1n) is 7.86. The number of para-hydroxylation sites is 2. The van der Waals surface area contributed by atoms with Crippen LogP contribution < -0.4 is 5.32 Å². The number of nitrogens with zero attached hydrogens (tertiary/aromatic N) is 2. The van der Waals surface area contributed by atoms with Gasteiger partial charge in [0.15, 0.2) is 0 Å². The van der Waals surface area contributed by atoms with Gasteiger partial charge in [0.2, 0.25) is 5.95 Å². The summed E-state index contributed by atoms with van der Waals surface area (Å²) in [4.78, 5) is 10.4. The van der Waals surface area contributed by atoms with E-state index in [4.69, 9.17) is 4.74 Å². The van der Waals surface area contributed by atoms with Crippen LogP contribution in [0.4, 0.5) is 5.95 Å². The van der Waals surface area contributed by atoms with Gasteiger partial charge in [0.05, 0.1) is 17.6 Å². The number of ether oxygens (including phenoxy) is 1. The molecule has 3 rings (SSSR count). The molecule has 5 nitrogen and oxygen atoms in total. The van der Waals surface area contributed by atoms with E-state index in [2.05, 4.69) is 26.3 Å². The van der Waals surface area contributed by atoms with Crippen molar-refractivity contribution in [1.29, 1.82) is 0 Å². The molecule has 1 aromatic heterocycles. The Hall–Kier alpha value is -1.59. The van der Waals surface area contributed by atoms with Crippen molar-refractivity contribution in [2.45, 2.75) is 25.8 Å². The summed E-state index contributed by atoms with van der Waals surface area (Å²) in [7, 11) is 0. The molecule has 1 fully saturated rings. The van der Waals surface area contributed by atoms with Crippen molar-refractivity contribution in [3.05, 3.63) is 24.3 Å². The molecule has 114 valence electrons. The Kier molecular flexibility index (Phi) is 4.72. The molecule has 0 aliphatic carbocycles. The molecule has 0 unspecified atom stereocenters. The number of piperidine rings is 1. The van der Waals surface area contributed by atoms with Crippen molar-refractivity contribution in [2.24, 2.45) is 0 Å². The minimum absolute atomic E-state index is 0.508. The van der Waals surface area contributed by atoms with Crippen LogP contribution in [0.25, 0.3) is 11.0 Å².